The molecule has 0 amide bonds. The molecule has 0 saturated carbocycles. The molecule has 0 saturated heterocycles. The highest BCUT2D eigenvalue weighted by Gasteiger charge is 2.04. The van der Waals surface area contributed by atoms with Crippen LogP contribution >= 0.6 is 0 Å². The van der Waals surface area contributed by atoms with E-state index in [0.29, 0.717) is 12.3 Å². The molecule has 0 atom stereocenters. The smallest absolute Gasteiger partial charge is 0.163 e. The molecule has 4 nitrogen and oxygen atoms in total. The molecule has 1 aromatic carbocycles. The molecule has 4 heteroatoms. The summed E-state index contributed by atoms with van der Waals surface area (Å²) >= 11 is 0. The van der Waals surface area contributed by atoms with Crippen LogP contribution in [0.2, 0.25) is 0 Å². The maximum Gasteiger partial charge on any atom is 0.163 e. The van der Waals surface area contributed by atoms with E-state index in [1.807, 2.05) is 43.3 Å². The van der Waals surface area contributed by atoms with Crippen molar-refractivity contribution in [2.24, 2.45) is 5.10 Å². The van der Waals surface area contributed by atoms with Crippen molar-refractivity contribution in [3.8, 4) is 6.07 Å². The van der Waals surface area contributed by atoms with Crippen molar-refractivity contribution >= 4 is 11.4 Å². The third-order valence-electron chi connectivity index (χ3n) is 2.01. The fourth-order valence-electron chi connectivity index (χ4n) is 1.28. The quantitative estimate of drug-likeness (QED) is 0.560. The van der Waals surface area contributed by atoms with Gasteiger partial charge in [-0.15, -0.1) is 0 Å². The summed E-state index contributed by atoms with van der Waals surface area (Å²) in [5.74, 6) is 0. The van der Waals surface area contributed by atoms with E-state index >= 15 is 0 Å². The third kappa shape index (κ3) is 3.37. The number of nitrogens with zero attached hydrogens (tertiary/aromatic N) is 3. The standard InChI is InChI=1S/C12H15N3O/c1-3-15(12-7-5-4-6-8-12)14-11(9-13)10-16-2/h4-8H,3,10H2,1-2H3/b14-11+. The van der Waals surface area contributed by atoms with Gasteiger partial charge in [0, 0.05) is 13.7 Å². The summed E-state index contributed by atoms with van der Waals surface area (Å²) in [6.07, 6.45) is 0. The first-order valence-corrected chi connectivity index (χ1v) is 5.11. The molecule has 0 N–H and O–H groups in total. The number of hydrogen-bond donors (Lipinski definition) is 0. The third-order valence-corrected chi connectivity index (χ3v) is 2.01. The Labute approximate surface area is 95.8 Å². The molecule has 0 heterocycles. The maximum atomic E-state index is 8.86. The first-order valence-electron chi connectivity index (χ1n) is 5.11. The van der Waals surface area contributed by atoms with Crippen LogP contribution in [0.4, 0.5) is 5.69 Å². The molecule has 0 aliphatic heterocycles. The predicted molar refractivity (Wildman–Crippen MR) is 64.4 cm³/mol. The Bertz CT molecular complexity index is 381. The largest absolute Gasteiger partial charge is 0.378 e. The zero-order chi connectivity index (χ0) is 11.8. The highest BCUT2D eigenvalue weighted by molar-refractivity contribution is 6.00. The van der Waals surface area contributed by atoms with Crippen molar-refractivity contribution in [1.82, 2.24) is 0 Å². The van der Waals surface area contributed by atoms with E-state index in [2.05, 4.69) is 5.10 Å². The van der Waals surface area contributed by atoms with Crippen LogP contribution in [0.5, 0.6) is 0 Å². The monoisotopic (exact) mass is 217 g/mol. The molecule has 0 aliphatic carbocycles. The molecule has 0 unspecified atom stereocenters. The van der Waals surface area contributed by atoms with Gasteiger partial charge >= 0.3 is 0 Å². The summed E-state index contributed by atoms with van der Waals surface area (Å²) < 4.78 is 4.90. The SMILES string of the molecule is CCN(/N=C(\C#N)COC)c1ccccc1. The molecule has 0 aliphatic rings. The van der Waals surface area contributed by atoms with Crippen molar-refractivity contribution in [2.45, 2.75) is 6.92 Å². The summed E-state index contributed by atoms with van der Waals surface area (Å²) in [4.78, 5) is 0. The minimum atomic E-state index is 0.236. The molecule has 0 spiro atoms. The van der Waals surface area contributed by atoms with E-state index in [4.69, 9.17) is 10.00 Å². The van der Waals surface area contributed by atoms with Crippen LogP contribution in [0.25, 0.3) is 0 Å². The number of para-hydroxylation sites is 1. The lowest BCUT2D eigenvalue weighted by Gasteiger charge is -2.17. The van der Waals surface area contributed by atoms with Gasteiger partial charge in [-0.3, -0.25) is 5.01 Å². The van der Waals surface area contributed by atoms with Gasteiger partial charge in [0.15, 0.2) is 5.71 Å². The normalized spacial score (nSPS) is 10.9. The van der Waals surface area contributed by atoms with E-state index in [-0.39, 0.29) is 6.61 Å². The number of rotatable bonds is 5. The van der Waals surface area contributed by atoms with Gasteiger partial charge in [-0.05, 0) is 19.1 Å². The number of ether oxygens (including phenoxy) is 1. The van der Waals surface area contributed by atoms with Crippen molar-refractivity contribution in [2.75, 3.05) is 25.3 Å². The van der Waals surface area contributed by atoms with Gasteiger partial charge < -0.3 is 4.74 Å². The Morgan fingerprint density at radius 3 is 2.62 bits per heavy atom. The van der Waals surface area contributed by atoms with Crippen LogP contribution in [0.15, 0.2) is 35.4 Å². The summed E-state index contributed by atoms with van der Waals surface area (Å²) in [7, 11) is 1.55. The summed E-state index contributed by atoms with van der Waals surface area (Å²) in [6, 6.07) is 11.8. The lowest BCUT2D eigenvalue weighted by Crippen LogP contribution is -2.19. The predicted octanol–water partition coefficient (Wildman–Crippen LogP) is 2.04. The van der Waals surface area contributed by atoms with Gasteiger partial charge in [0.05, 0.1) is 5.69 Å². The summed E-state index contributed by atoms with van der Waals surface area (Å²) in [5.41, 5.74) is 1.34. The minimum absolute atomic E-state index is 0.236. The van der Waals surface area contributed by atoms with Gasteiger partial charge in [-0.2, -0.15) is 10.4 Å². The van der Waals surface area contributed by atoms with E-state index < -0.39 is 0 Å². The molecule has 0 aromatic heterocycles. The van der Waals surface area contributed by atoms with E-state index in [1.165, 1.54) is 0 Å². The van der Waals surface area contributed by atoms with Gasteiger partial charge in [0.1, 0.15) is 12.7 Å². The van der Waals surface area contributed by atoms with E-state index in [1.54, 1.807) is 12.1 Å². The van der Waals surface area contributed by atoms with Crippen molar-refractivity contribution < 1.29 is 4.74 Å². The average Bonchev–Trinajstić information content (AvgIpc) is 2.35. The van der Waals surface area contributed by atoms with Gasteiger partial charge in [0.2, 0.25) is 0 Å². The highest BCUT2D eigenvalue weighted by atomic mass is 16.5. The Kier molecular flexibility index (Phi) is 5.03. The molecule has 84 valence electrons. The second-order valence-electron chi connectivity index (χ2n) is 3.14. The van der Waals surface area contributed by atoms with Crippen LogP contribution in [0, 0.1) is 11.3 Å². The minimum Gasteiger partial charge on any atom is -0.378 e. The van der Waals surface area contributed by atoms with Crippen LogP contribution in [0.1, 0.15) is 6.92 Å². The number of methoxy groups -OCH3 is 1. The van der Waals surface area contributed by atoms with Gasteiger partial charge in [-0.1, -0.05) is 18.2 Å². The molecular formula is C12H15N3O. The fraction of sp³-hybridized carbons (Fsp3) is 0.333. The van der Waals surface area contributed by atoms with Crippen LogP contribution < -0.4 is 5.01 Å². The number of anilines is 1. The van der Waals surface area contributed by atoms with Crippen molar-refractivity contribution in [3.63, 3.8) is 0 Å². The first-order chi connectivity index (χ1) is 7.81. The molecule has 0 radical (unpaired) electrons. The lowest BCUT2D eigenvalue weighted by molar-refractivity contribution is 0.246. The van der Waals surface area contributed by atoms with Crippen molar-refractivity contribution in [3.05, 3.63) is 30.3 Å². The van der Waals surface area contributed by atoms with E-state index in [9.17, 15) is 0 Å². The van der Waals surface area contributed by atoms with Gasteiger partial charge in [0.25, 0.3) is 0 Å². The molecule has 1 aromatic rings. The first kappa shape index (κ1) is 12.2. The highest BCUT2D eigenvalue weighted by Crippen LogP contribution is 2.13. The zero-order valence-electron chi connectivity index (χ0n) is 9.55. The van der Waals surface area contributed by atoms with E-state index in [0.717, 1.165) is 5.69 Å². The number of hydrazone groups is 1. The summed E-state index contributed by atoms with van der Waals surface area (Å²) in [6.45, 7) is 2.93. The number of hydrogen-bond acceptors (Lipinski definition) is 4. The Hall–Kier alpha value is -1.86. The summed E-state index contributed by atoms with van der Waals surface area (Å²) in [5, 5.41) is 14.9. The van der Waals surface area contributed by atoms with Crippen molar-refractivity contribution in [1.29, 1.82) is 5.26 Å². The van der Waals surface area contributed by atoms with Crippen LogP contribution in [-0.2, 0) is 4.74 Å². The fourth-order valence-corrected chi connectivity index (χ4v) is 1.28. The molecule has 0 bridgehead atoms. The molecule has 16 heavy (non-hydrogen) atoms. The molecule has 1 rings (SSSR count). The Morgan fingerprint density at radius 1 is 1.44 bits per heavy atom. The Morgan fingerprint density at radius 2 is 2.12 bits per heavy atom. The maximum absolute atomic E-state index is 8.86. The zero-order valence-corrected chi connectivity index (χ0v) is 9.55. The second-order valence-corrected chi connectivity index (χ2v) is 3.14. The molecule has 0 fully saturated rings. The number of nitriles is 1. The lowest BCUT2D eigenvalue weighted by atomic mass is 10.3. The average molecular weight is 217 g/mol. The molecular weight excluding hydrogens is 202 g/mol. The second kappa shape index (κ2) is 6.59. The number of benzene rings is 1. The topological polar surface area (TPSA) is 48.6 Å². The van der Waals surface area contributed by atoms with Gasteiger partial charge in [-0.25, -0.2) is 0 Å². The Balaban J connectivity index is 2.87. The van der Waals surface area contributed by atoms with Crippen LogP contribution in [0.3, 0.4) is 0 Å². The van der Waals surface area contributed by atoms with Crippen LogP contribution in [-0.4, -0.2) is 26.0 Å².